The highest BCUT2D eigenvalue weighted by Crippen LogP contribution is 2.23. The van der Waals surface area contributed by atoms with Crippen molar-refractivity contribution in [3.63, 3.8) is 0 Å². The maximum absolute atomic E-state index is 13.3. The zero-order valence-electron chi connectivity index (χ0n) is 11.3. The maximum Gasteiger partial charge on any atom is 0.255 e. The van der Waals surface area contributed by atoms with Gasteiger partial charge in [-0.05, 0) is 31.5 Å². The molecule has 1 aliphatic rings. The van der Waals surface area contributed by atoms with E-state index >= 15 is 0 Å². The first-order chi connectivity index (χ1) is 9.43. The molecule has 0 aliphatic carbocycles. The van der Waals surface area contributed by atoms with Crippen molar-refractivity contribution in [1.29, 1.82) is 0 Å². The topological polar surface area (TPSA) is 66.6 Å². The first kappa shape index (κ1) is 14.5. The molecule has 0 aromatic heterocycles. The lowest BCUT2D eigenvalue weighted by atomic mass is 10.1. The van der Waals surface area contributed by atoms with Gasteiger partial charge in [0.15, 0.2) is 0 Å². The van der Waals surface area contributed by atoms with Gasteiger partial charge in [-0.25, -0.2) is 4.39 Å². The summed E-state index contributed by atoms with van der Waals surface area (Å²) in [6, 6.07) is 3.88. The number of rotatable bonds is 1. The van der Waals surface area contributed by atoms with Gasteiger partial charge in [-0.3, -0.25) is 4.79 Å². The zero-order valence-corrected chi connectivity index (χ0v) is 11.3. The van der Waals surface area contributed by atoms with E-state index in [0.717, 1.165) is 0 Å². The second-order valence-electron chi connectivity index (χ2n) is 5.17. The minimum atomic E-state index is -0.862. The van der Waals surface area contributed by atoms with Crippen LogP contribution in [-0.2, 0) is 0 Å². The van der Waals surface area contributed by atoms with E-state index in [4.69, 9.17) is 5.73 Å². The number of nitrogens with zero attached hydrogens (tertiary/aromatic N) is 1. The largest absolute Gasteiger partial charge is 0.388 e. The Morgan fingerprint density at radius 3 is 2.95 bits per heavy atom. The molecule has 4 nitrogen and oxygen atoms in total. The van der Waals surface area contributed by atoms with Crippen LogP contribution in [0.1, 0.15) is 29.3 Å². The highest BCUT2D eigenvalue weighted by molar-refractivity contribution is 5.97. The van der Waals surface area contributed by atoms with Gasteiger partial charge in [-0.2, -0.15) is 0 Å². The number of amides is 1. The second kappa shape index (κ2) is 5.61. The Hall–Kier alpha value is -1.90. The van der Waals surface area contributed by atoms with E-state index in [2.05, 4.69) is 11.8 Å². The van der Waals surface area contributed by atoms with Crippen molar-refractivity contribution in [2.45, 2.75) is 18.9 Å². The number of nitrogens with two attached hydrogens (primary N) is 1. The molecular weight excluding hydrogens is 259 g/mol. The van der Waals surface area contributed by atoms with E-state index in [1.54, 1.807) is 11.8 Å². The van der Waals surface area contributed by atoms with Gasteiger partial charge in [-0.1, -0.05) is 11.8 Å². The molecule has 1 atom stereocenters. The van der Waals surface area contributed by atoms with Crippen LogP contribution in [0.15, 0.2) is 18.2 Å². The summed E-state index contributed by atoms with van der Waals surface area (Å²) < 4.78 is 13.3. The van der Waals surface area contributed by atoms with E-state index in [1.807, 2.05) is 0 Å². The minimum Gasteiger partial charge on any atom is -0.388 e. The third-order valence-corrected chi connectivity index (χ3v) is 3.28. The summed E-state index contributed by atoms with van der Waals surface area (Å²) in [5.41, 5.74) is 5.10. The van der Waals surface area contributed by atoms with E-state index in [9.17, 15) is 14.3 Å². The average molecular weight is 276 g/mol. The lowest BCUT2D eigenvalue weighted by molar-refractivity contribution is 0.0572. The summed E-state index contributed by atoms with van der Waals surface area (Å²) in [6.07, 6.45) is 0.531. The zero-order chi connectivity index (χ0) is 14.8. The fraction of sp³-hybridized carbons (Fsp3) is 0.400. The van der Waals surface area contributed by atoms with Gasteiger partial charge in [0.05, 0.1) is 17.7 Å². The molecule has 1 saturated heterocycles. The number of carbonyl (C=O) groups is 1. The van der Waals surface area contributed by atoms with Gasteiger partial charge in [-0.15, -0.1) is 0 Å². The molecule has 3 N–H and O–H groups in total. The third kappa shape index (κ3) is 3.16. The number of β-amino-alcohol motifs (C(OH)–C–C–N with tert-alkyl or cyclic N) is 1. The van der Waals surface area contributed by atoms with Gasteiger partial charge in [0, 0.05) is 18.7 Å². The molecule has 1 aromatic rings. The molecule has 20 heavy (non-hydrogen) atoms. The fourth-order valence-electron chi connectivity index (χ4n) is 2.24. The van der Waals surface area contributed by atoms with Crippen LogP contribution in [0.4, 0.5) is 4.39 Å². The first-order valence-electron chi connectivity index (χ1n) is 6.43. The molecule has 0 radical (unpaired) electrons. The van der Waals surface area contributed by atoms with E-state index < -0.39 is 11.4 Å². The van der Waals surface area contributed by atoms with Gasteiger partial charge < -0.3 is 15.7 Å². The molecule has 5 heteroatoms. The number of benzene rings is 1. The summed E-state index contributed by atoms with van der Waals surface area (Å²) in [5, 5.41) is 9.92. The van der Waals surface area contributed by atoms with Crippen LogP contribution in [0.25, 0.3) is 0 Å². The Bertz CT molecular complexity index is 587. The summed E-state index contributed by atoms with van der Waals surface area (Å²) in [6.45, 7) is 2.59. The van der Waals surface area contributed by atoms with Crippen LogP contribution in [0.2, 0.25) is 0 Å². The molecule has 0 saturated carbocycles. The monoisotopic (exact) mass is 276 g/mol. The maximum atomic E-state index is 13.3. The SMILES string of the molecule is CC1(O)CCN(C(=O)c2ccc(F)cc2C#CCN)C1. The van der Waals surface area contributed by atoms with E-state index in [0.29, 0.717) is 24.1 Å². The molecule has 106 valence electrons. The lowest BCUT2D eigenvalue weighted by Gasteiger charge is -2.19. The van der Waals surface area contributed by atoms with Crippen LogP contribution in [0.5, 0.6) is 0 Å². The van der Waals surface area contributed by atoms with E-state index in [1.165, 1.54) is 18.2 Å². The predicted octanol–water partition coefficient (Wildman–Crippen LogP) is 0.733. The lowest BCUT2D eigenvalue weighted by Crippen LogP contribution is -2.34. The number of aliphatic hydroxyl groups is 1. The van der Waals surface area contributed by atoms with Crippen LogP contribution >= 0.6 is 0 Å². The molecule has 0 spiro atoms. The number of carbonyl (C=O) groups excluding carboxylic acids is 1. The summed E-state index contributed by atoms with van der Waals surface area (Å²) in [4.78, 5) is 14.0. The Morgan fingerprint density at radius 2 is 2.35 bits per heavy atom. The summed E-state index contributed by atoms with van der Waals surface area (Å²) in [7, 11) is 0. The number of halogens is 1. The van der Waals surface area contributed by atoms with Gasteiger partial charge >= 0.3 is 0 Å². The van der Waals surface area contributed by atoms with Crippen molar-refractivity contribution < 1.29 is 14.3 Å². The van der Waals surface area contributed by atoms with Gasteiger partial charge in [0.25, 0.3) is 5.91 Å². The number of hydrogen-bond acceptors (Lipinski definition) is 3. The number of likely N-dealkylation sites (tertiary alicyclic amines) is 1. The molecule has 1 fully saturated rings. The van der Waals surface area contributed by atoms with Crippen molar-refractivity contribution >= 4 is 5.91 Å². The molecule has 2 rings (SSSR count). The fourth-order valence-corrected chi connectivity index (χ4v) is 2.24. The van der Waals surface area contributed by atoms with Gasteiger partial charge in [0.1, 0.15) is 5.82 Å². The second-order valence-corrected chi connectivity index (χ2v) is 5.17. The first-order valence-corrected chi connectivity index (χ1v) is 6.43. The molecular formula is C15H17FN2O2. The van der Waals surface area contributed by atoms with Crippen molar-refractivity contribution in [1.82, 2.24) is 4.90 Å². The summed E-state index contributed by atoms with van der Waals surface area (Å²) in [5.74, 6) is 4.64. The van der Waals surface area contributed by atoms with Crippen molar-refractivity contribution in [3.8, 4) is 11.8 Å². The Labute approximate surface area is 117 Å². The summed E-state index contributed by atoms with van der Waals surface area (Å²) >= 11 is 0. The van der Waals surface area contributed by atoms with Crippen molar-refractivity contribution in [2.75, 3.05) is 19.6 Å². The van der Waals surface area contributed by atoms with Crippen LogP contribution in [0, 0.1) is 17.7 Å². The quantitative estimate of drug-likeness (QED) is 0.743. The van der Waals surface area contributed by atoms with Crippen molar-refractivity contribution in [3.05, 3.63) is 35.1 Å². The Morgan fingerprint density at radius 1 is 1.60 bits per heavy atom. The molecule has 1 unspecified atom stereocenters. The van der Waals surface area contributed by atoms with Gasteiger partial charge in [0.2, 0.25) is 0 Å². The highest BCUT2D eigenvalue weighted by atomic mass is 19.1. The minimum absolute atomic E-state index is 0.141. The molecule has 1 aromatic carbocycles. The van der Waals surface area contributed by atoms with Crippen LogP contribution < -0.4 is 5.73 Å². The highest BCUT2D eigenvalue weighted by Gasteiger charge is 2.34. The third-order valence-electron chi connectivity index (χ3n) is 3.28. The normalized spacial score (nSPS) is 21.5. The standard InChI is InChI=1S/C15H17FN2O2/c1-15(20)6-8-18(10-15)14(19)13-5-4-12(16)9-11(13)3-2-7-17/h4-5,9,20H,6-8,10,17H2,1H3. The predicted molar refractivity (Wildman–Crippen MR) is 73.5 cm³/mol. The smallest absolute Gasteiger partial charge is 0.255 e. The van der Waals surface area contributed by atoms with E-state index in [-0.39, 0.29) is 19.0 Å². The molecule has 1 amide bonds. The average Bonchev–Trinajstić information content (AvgIpc) is 2.76. The number of hydrogen-bond donors (Lipinski definition) is 2. The van der Waals surface area contributed by atoms with Crippen LogP contribution in [-0.4, -0.2) is 41.1 Å². The molecule has 0 bridgehead atoms. The van der Waals surface area contributed by atoms with Crippen LogP contribution in [0.3, 0.4) is 0 Å². The molecule has 1 aliphatic heterocycles. The Balaban J connectivity index is 2.30. The van der Waals surface area contributed by atoms with Crippen molar-refractivity contribution in [2.24, 2.45) is 5.73 Å². The molecule has 1 heterocycles. The Kier molecular flexibility index (Phi) is 4.07.